The Labute approximate surface area is 326 Å². The van der Waals surface area contributed by atoms with Gasteiger partial charge in [-0.2, -0.15) is 4.80 Å². The van der Waals surface area contributed by atoms with Gasteiger partial charge in [0, 0.05) is 24.5 Å². The van der Waals surface area contributed by atoms with Crippen molar-refractivity contribution in [2.45, 2.75) is 137 Å². The van der Waals surface area contributed by atoms with E-state index < -0.39 is 74.7 Å². The molecule has 7 rings (SSSR count). The normalized spacial score (nSPS) is 29.2. The van der Waals surface area contributed by atoms with Crippen LogP contribution in [0.5, 0.6) is 5.75 Å². The largest absolute Gasteiger partial charge is 0.497 e. The summed E-state index contributed by atoms with van der Waals surface area (Å²) in [6, 6.07) is 3.46. The highest BCUT2D eigenvalue weighted by molar-refractivity contribution is 7.91. The maximum atomic E-state index is 15.0. The third-order valence-electron chi connectivity index (χ3n) is 11.8. The van der Waals surface area contributed by atoms with Crippen LogP contribution in [0, 0.1) is 5.92 Å². The van der Waals surface area contributed by atoms with Crippen molar-refractivity contribution in [3.8, 4) is 17.1 Å². The van der Waals surface area contributed by atoms with E-state index in [1.54, 1.807) is 31.4 Å². The molecule has 2 aliphatic heterocycles. The van der Waals surface area contributed by atoms with E-state index in [1.807, 2.05) is 12.2 Å². The van der Waals surface area contributed by atoms with Crippen molar-refractivity contribution in [3.63, 3.8) is 0 Å². The summed E-state index contributed by atoms with van der Waals surface area (Å²) in [5.41, 5.74) is -0.878. The van der Waals surface area contributed by atoms with Crippen LogP contribution in [0.1, 0.15) is 102 Å². The van der Waals surface area contributed by atoms with E-state index in [2.05, 4.69) is 30.8 Å². The van der Waals surface area contributed by atoms with Crippen LogP contribution in [0.25, 0.3) is 11.4 Å². The van der Waals surface area contributed by atoms with Crippen LogP contribution < -0.4 is 20.1 Å². The molecule has 0 radical (unpaired) electrons. The van der Waals surface area contributed by atoms with Crippen LogP contribution in [0.3, 0.4) is 0 Å². The molecule has 4 fully saturated rings. The number of hydrogen-bond donors (Lipinski definition) is 4. The zero-order chi connectivity index (χ0) is 39.5. The summed E-state index contributed by atoms with van der Waals surface area (Å²) in [7, 11) is -2.36. The lowest BCUT2D eigenvalue weighted by Crippen LogP contribution is -2.59. The fraction of sp³-hybridized carbons (Fsp3) is 0.658. The molecular formula is C38H52N8O9S. The number of methoxy groups -OCH3 is 1. The molecule has 1 aromatic carbocycles. The van der Waals surface area contributed by atoms with E-state index in [0.717, 1.165) is 38.5 Å². The molecule has 3 heterocycles. The van der Waals surface area contributed by atoms with Gasteiger partial charge >= 0.3 is 6.09 Å². The minimum atomic E-state index is -3.92. The van der Waals surface area contributed by atoms with Gasteiger partial charge in [-0.05, 0) is 107 Å². The van der Waals surface area contributed by atoms with Crippen molar-refractivity contribution in [3.05, 3.63) is 36.4 Å². The van der Waals surface area contributed by atoms with E-state index in [4.69, 9.17) is 9.47 Å². The Morgan fingerprint density at radius 1 is 1.04 bits per heavy atom. The number of hydrogen-bond acceptors (Lipinski definition) is 12. The van der Waals surface area contributed by atoms with Gasteiger partial charge in [-0.3, -0.25) is 19.1 Å². The quantitative estimate of drug-likeness (QED) is 0.241. The first kappa shape index (κ1) is 39.6. The lowest BCUT2D eigenvalue weighted by atomic mass is 10.0. The van der Waals surface area contributed by atoms with E-state index >= 15 is 0 Å². The number of amides is 4. The number of aromatic nitrogens is 4. The van der Waals surface area contributed by atoms with Crippen LogP contribution in [0.4, 0.5) is 4.79 Å². The molecule has 0 bridgehead atoms. The number of aliphatic hydroxyl groups excluding tert-OH is 1. The summed E-state index contributed by atoms with van der Waals surface area (Å²) in [5.74, 6) is -1.47. The summed E-state index contributed by atoms with van der Waals surface area (Å²) < 4.78 is 39.0. The van der Waals surface area contributed by atoms with Gasteiger partial charge in [0.15, 0.2) is 0 Å². The first-order valence-electron chi connectivity index (χ1n) is 19.9. The molecule has 4 N–H and O–H groups in total. The second-order valence-corrected chi connectivity index (χ2v) is 17.6. The first-order valence-corrected chi connectivity index (χ1v) is 21.5. The molecule has 1 aromatic heterocycles. The van der Waals surface area contributed by atoms with Crippen molar-refractivity contribution in [1.29, 1.82) is 0 Å². The predicted molar refractivity (Wildman–Crippen MR) is 201 cm³/mol. The summed E-state index contributed by atoms with van der Waals surface area (Å²) in [6.07, 6.45) is 11.0. The molecule has 4 amide bonds. The van der Waals surface area contributed by atoms with E-state index in [1.165, 1.54) is 9.70 Å². The van der Waals surface area contributed by atoms with Crippen LogP contribution in [0.2, 0.25) is 0 Å². The number of tetrazole rings is 1. The Morgan fingerprint density at radius 3 is 2.50 bits per heavy atom. The van der Waals surface area contributed by atoms with Crippen molar-refractivity contribution in [1.82, 2.24) is 40.5 Å². The molecule has 18 heteroatoms. The van der Waals surface area contributed by atoms with Gasteiger partial charge in [0.25, 0.3) is 5.91 Å². The molecule has 0 spiro atoms. The number of ether oxygens (including phenoxy) is 2. The van der Waals surface area contributed by atoms with Crippen LogP contribution in [-0.4, -0.2) is 111 Å². The SMILES string of the molecule is COc1ccc(-c2nnn([C@@H]3CC4C(=O)NC5(C(=O)NS(=O)(=O)C6CC6)CC5/C=C\CCCCCC(NC(=O)OC5CCCC5)C(=O)N4[C@H]3CCCO)n2)cc1. The number of nitrogens with one attached hydrogen (secondary N) is 3. The average molecular weight is 797 g/mol. The Bertz CT molecular complexity index is 1900. The average Bonchev–Trinajstić information content (AvgIpc) is 3.97. The summed E-state index contributed by atoms with van der Waals surface area (Å²) in [5, 5.41) is 28.4. The van der Waals surface area contributed by atoms with Crippen LogP contribution in [0.15, 0.2) is 36.4 Å². The number of carbonyl (C=O) groups is 4. The number of benzene rings is 1. The van der Waals surface area contributed by atoms with E-state index in [-0.39, 0.29) is 38.4 Å². The minimum absolute atomic E-state index is 0.0178. The van der Waals surface area contributed by atoms with E-state index in [0.29, 0.717) is 49.2 Å². The highest BCUT2D eigenvalue weighted by atomic mass is 32.2. The van der Waals surface area contributed by atoms with Gasteiger partial charge in [-0.1, -0.05) is 25.0 Å². The topological polar surface area (TPSA) is 224 Å². The fourth-order valence-electron chi connectivity index (χ4n) is 8.35. The molecule has 1 saturated heterocycles. The molecule has 3 saturated carbocycles. The number of sulfonamides is 1. The van der Waals surface area contributed by atoms with Crippen molar-refractivity contribution < 1.29 is 42.2 Å². The molecule has 56 heavy (non-hydrogen) atoms. The standard InChI is InChI=1S/C38H52N8O9S/c1-54-26-17-15-24(16-18-26)33-41-44-46(42-33)31-22-32-34(48)40-38(36(50)43-56(52,53)28-19-20-28)23-25(38)10-5-3-2-4-6-13-29(35(49)45(32)30(31)14-9-21-47)39-37(51)55-27-11-7-8-12-27/h5,10,15-18,25,27-32,47H,2-4,6-9,11-14,19-23H2,1H3,(H,39,51)(H,40,48)(H,43,50)/b10-5-/t25?,29?,30-,31+,32?,38?/m0/s1. The van der Waals surface area contributed by atoms with Crippen LogP contribution >= 0.6 is 0 Å². The number of allylic oxidation sites excluding steroid dienone is 1. The summed E-state index contributed by atoms with van der Waals surface area (Å²) in [4.78, 5) is 59.6. The molecular weight excluding hydrogens is 745 g/mol. The Balaban J connectivity index is 1.23. The maximum Gasteiger partial charge on any atom is 0.408 e. The Morgan fingerprint density at radius 2 is 1.79 bits per heavy atom. The van der Waals surface area contributed by atoms with Gasteiger partial charge in [0.05, 0.1) is 24.4 Å². The number of aliphatic hydroxyl groups is 1. The number of alkyl carbamates (subject to hydrolysis) is 1. The number of carbonyl (C=O) groups excluding carboxylic acids is 4. The third-order valence-corrected chi connectivity index (χ3v) is 13.6. The third kappa shape index (κ3) is 8.70. The second kappa shape index (κ2) is 16.9. The summed E-state index contributed by atoms with van der Waals surface area (Å²) >= 11 is 0. The summed E-state index contributed by atoms with van der Waals surface area (Å²) in [6.45, 7) is -0.188. The Kier molecular flexibility index (Phi) is 11.9. The van der Waals surface area contributed by atoms with Crippen LogP contribution in [-0.2, 0) is 29.1 Å². The lowest BCUT2D eigenvalue weighted by molar-refractivity contribution is -0.143. The van der Waals surface area contributed by atoms with Gasteiger partial charge < -0.3 is 30.1 Å². The van der Waals surface area contributed by atoms with Gasteiger partial charge in [0.1, 0.15) is 29.5 Å². The second-order valence-electron chi connectivity index (χ2n) is 15.7. The molecule has 2 aromatic rings. The lowest BCUT2D eigenvalue weighted by Gasteiger charge is -2.34. The molecule has 17 nitrogen and oxygen atoms in total. The van der Waals surface area contributed by atoms with Gasteiger partial charge in [-0.15, -0.1) is 10.2 Å². The molecule has 6 atom stereocenters. The van der Waals surface area contributed by atoms with Crippen molar-refractivity contribution in [2.24, 2.45) is 5.92 Å². The molecule has 3 aliphatic carbocycles. The number of fused-ring (bicyclic) bond motifs is 2. The van der Waals surface area contributed by atoms with E-state index in [9.17, 15) is 32.7 Å². The zero-order valence-electron chi connectivity index (χ0n) is 31.7. The highest BCUT2D eigenvalue weighted by Crippen LogP contribution is 2.47. The predicted octanol–water partition coefficient (Wildman–Crippen LogP) is 2.67. The molecule has 5 aliphatic rings. The molecule has 4 unspecified atom stereocenters. The van der Waals surface area contributed by atoms with Gasteiger partial charge in [0.2, 0.25) is 27.7 Å². The van der Waals surface area contributed by atoms with Crippen molar-refractivity contribution in [2.75, 3.05) is 13.7 Å². The monoisotopic (exact) mass is 796 g/mol. The zero-order valence-corrected chi connectivity index (χ0v) is 32.5. The number of nitrogens with zero attached hydrogens (tertiary/aromatic N) is 5. The highest BCUT2D eigenvalue weighted by Gasteiger charge is 2.62. The maximum absolute atomic E-state index is 15.0. The fourth-order valence-corrected chi connectivity index (χ4v) is 9.72. The minimum Gasteiger partial charge on any atom is -0.497 e. The Hall–Kier alpha value is -4.58. The van der Waals surface area contributed by atoms with Crippen molar-refractivity contribution >= 4 is 33.8 Å². The first-order chi connectivity index (χ1) is 27.0. The number of rotatable bonds is 11. The molecule has 304 valence electrons. The van der Waals surface area contributed by atoms with Gasteiger partial charge in [-0.25, -0.2) is 13.2 Å². The smallest absolute Gasteiger partial charge is 0.408 e.